The van der Waals surface area contributed by atoms with E-state index in [4.69, 9.17) is 5.73 Å². The van der Waals surface area contributed by atoms with Crippen molar-refractivity contribution in [3.05, 3.63) is 39.9 Å². The van der Waals surface area contributed by atoms with Gasteiger partial charge in [-0.3, -0.25) is 14.6 Å². The standard InChI is InChI=1S/C12H13N5O2S/c1-6-3-4-7(5-14-6)15-10-8(9(13)18)11(19)17-12(16-10)20-2/h3-5H,1-2H3,(H2,13,18)(H2,15,16,17,19). The minimum atomic E-state index is -0.839. The van der Waals surface area contributed by atoms with Gasteiger partial charge in [-0.15, -0.1) is 0 Å². The fraction of sp³-hybridized carbons (Fsp3) is 0.167. The zero-order valence-electron chi connectivity index (χ0n) is 10.9. The van der Waals surface area contributed by atoms with Crippen LogP contribution in [0.5, 0.6) is 0 Å². The molecule has 0 radical (unpaired) electrons. The quantitative estimate of drug-likeness (QED) is 0.573. The van der Waals surface area contributed by atoms with Gasteiger partial charge in [-0.1, -0.05) is 11.8 Å². The maximum atomic E-state index is 11.8. The lowest BCUT2D eigenvalue weighted by Gasteiger charge is -2.09. The van der Waals surface area contributed by atoms with E-state index < -0.39 is 11.5 Å². The Balaban J connectivity index is 2.48. The van der Waals surface area contributed by atoms with Gasteiger partial charge in [-0.25, -0.2) is 4.98 Å². The molecule has 0 aromatic carbocycles. The summed E-state index contributed by atoms with van der Waals surface area (Å²) >= 11 is 1.26. The first kappa shape index (κ1) is 14.1. The molecule has 4 N–H and O–H groups in total. The van der Waals surface area contributed by atoms with Crippen LogP contribution in [0.15, 0.2) is 28.3 Å². The third kappa shape index (κ3) is 2.97. The number of H-pyrrole nitrogens is 1. The number of nitrogens with two attached hydrogens (primary N) is 1. The number of nitrogens with one attached hydrogen (secondary N) is 2. The van der Waals surface area contributed by atoms with E-state index in [1.54, 1.807) is 24.6 Å². The lowest BCUT2D eigenvalue weighted by Crippen LogP contribution is -2.26. The molecule has 0 bridgehead atoms. The van der Waals surface area contributed by atoms with E-state index in [9.17, 15) is 9.59 Å². The summed E-state index contributed by atoms with van der Waals surface area (Å²) in [4.78, 5) is 34.0. The number of anilines is 2. The van der Waals surface area contributed by atoms with Crippen LogP contribution < -0.4 is 16.6 Å². The first-order valence-electron chi connectivity index (χ1n) is 5.69. The second kappa shape index (κ2) is 5.74. The van der Waals surface area contributed by atoms with E-state index in [0.717, 1.165) is 5.69 Å². The third-order valence-electron chi connectivity index (χ3n) is 2.51. The molecule has 2 heterocycles. The number of nitrogens with zero attached hydrogens (tertiary/aromatic N) is 2. The van der Waals surface area contributed by atoms with Crippen molar-refractivity contribution >= 4 is 29.2 Å². The summed E-state index contributed by atoms with van der Waals surface area (Å²) in [5, 5.41) is 3.28. The van der Waals surface area contributed by atoms with Crippen molar-refractivity contribution in [1.29, 1.82) is 0 Å². The molecule has 8 heteroatoms. The number of thioether (sulfide) groups is 1. The van der Waals surface area contributed by atoms with Crippen LogP contribution in [0.2, 0.25) is 0 Å². The number of primary amides is 1. The highest BCUT2D eigenvalue weighted by molar-refractivity contribution is 7.98. The molecule has 0 unspecified atom stereocenters. The van der Waals surface area contributed by atoms with Crippen LogP contribution in [0.3, 0.4) is 0 Å². The van der Waals surface area contributed by atoms with Crippen LogP contribution in [0.1, 0.15) is 16.1 Å². The monoisotopic (exact) mass is 291 g/mol. The van der Waals surface area contributed by atoms with Gasteiger partial charge >= 0.3 is 0 Å². The second-order valence-corrected chi connectivity index (χ2v) is 4.77. The van der Waals surface area contributed by atoms with Crippen LogP contribution in [0, 0.1) is 6.92 Å². The Morgan fingerprint density at radius 3 is 2.75 bits per heavy atom. The van der Waals surface area contributed by atoms with Crippen molar-refractivity contribution < 1.29 is 4.79 Å². The Bertz CT molecular complexity index is 696. The van der Waals surface area contributed by atoms with Gasteiger partial charge < -0.3 is 16.0 Å². The Kier molecular flexibility index (Phi) is 4.04. The highest BCUT2D eigenvalue weighted by Gasteiger charge is 2.16. The summed E-state index contributed by atoms with van der Waals surface area (Å²) in [6.07, 6.45) is 3.35. The number of carbonyl (C=O) groups is 1. The molecule has 0 saturated heterocycles. The predicted molar refractivity (Wildman–Crippen MR) is 77.4 cm³/mol. The molecule has 0 spiro atoms. The number of aromatic amines is 1. The number of carbonyl (C=O) groups excluding carboxylic acids is 1. The highest BCUT2D eigenvalue weighted by atomic mass is 32.2. The van der Waals surface area contributed by atoms with Crippen molar-refractivity contribution in [1.82, 2.24) is 15.0 Å². The zero-order chi connectivity index (χ0) is 14.7. The minimum Gasteiger partial charge on any atom is -0.365 e. The molecule has 0 atom stereocenters. The smallest absolute Gasteiger partial charge is 0.266 e. The molecule has 104 valence electrons. The predicted octanol–water partition coefficient (Wildman–Crippen LogP) is 1.04. The fourth-order valence-corrected chi connectivity index (χ4v) is 1.92. The summed E-state index contributed by atoms with van der Waals surface area (Å²) in [6.45, 7) is 1.86. The van der Waals surface area contributed by atoms with Gasteiger partial charge in [0, 0.05) is 5.69 Å². The van der Waals surface area contributed by atoms with Crippen molar-refractivity contribution in [2.45, 2.75) is 12.1 Å². The van der Waals surface area contributed by atoms with E-state index in [1.165, 1.54) is 11.8 Å². The van der Waals surface area contributed by atoms with Gasteiger partial charge in [0.25, 0.3) is 11.5 Å². The number of hydrogen-bond acceptors (Lipinski definition) is 6. The fourth-order valence-electron chi connectivity index (χ4n) is 1.55. The van der Waals surface area contributed by atoms with Crippen LogP contribution in [0.25, 0.3) is 0 Å². The SMILES string of the molecule is CSc1nc(Nc2ccc(C)nc2)c(C(N)=O)c(=O)[nH]1. The van der Waals surface area contributed by atoms with Gasteiger partial charge in [-0.05, 0) is 25.3 Å². The van der Waals surface area contributed by atoms with E-state index in [0.29, 0.717) is 10.8 Å². The normalized spacial score (nSPS) is 10.3. The molecule has 7 nitrogen and oxygen atoms in total. The maximum Gasteiger partial charge on any atom is 0.266 e. The minimum absolute atomic E-state index is 0.122. The molecule has 0 fully saturated rings. The maximum absolute atomic E-state index is 11.8. The molecule has 0 aliphatic rings. The summed E-state index contributed by atoms with van der Waals surface area (Å²) in [6, 6.07) is 3.57. The molecular formula is C12H13N5O2S. The summed E-state index contributed by atoms with van der Waals surface area (Å²) in [5.74, 6) is -0.717. The Morgan fingerprint density at radius 1 is 1.45 bits per heavy atom. The van der Waals surface area contributed by atoms with Crippen molar-refractivity contribution in [3.63, 3.8) is 0 Å². The zero-order valence-corrected chi connectivity index (χ0v) is 11.7. The van der Waals surface area contributed by atoms with E-state index in [2.05, 4.69) is 20.3 Å². The number of aromatic nitrogens is 3. The number of aryl methyl sites for hydroxylation is 1. The van der Waals surface area contributed by atoms with Crippen molar-refractivity contribution in [2.75, 3.05) is 11.6 Å². The van der Waals surface area contributed by atoms with Crippen LogP contribution in [0.4, 0.5) is 11.5 Å². The van der Waals surface area contributed by atoms with Gasteiger partial charge in [0.15, 0.2) is 11.0 Å². The van der Waals surface area contributed by atoms with Gasteiger partial charge in [0.05, 0.1) is 11.9 Å². The third-order valence-corrected chi connectivity index (χ3v) is 3.09. The van der Waals surface area contributed by atoms with Crippen molar-refractivity contribution in [3.8, 4) is 0 Å². The van der Waals surface area contributed by atoms with Gasteiger partial charge in [-0.2, -0.15) is 0 Å². The van der Waals surface area contributed by atoms with Crippen LogP contribution >= 0.6 is 11.8 Å². The first-order chi connectivity index (χ1) is 9.51. The molecule has 2 aromatic heterocycles. The highest BCUT2D eigenvalue weighted by Crippen LogP contribution is 2.18. The average Bonchev–Trinajstić information content (AvgIpc) is 2.40. The lowest BCUT2D eigenvalue weighted by atomic mass is 10.2. The van der Waals surface area contributed by atoms with Gasteiger partial charge in [0.2, 0.25) is 0 Å². The number of amides is 1. The lowest BCUT2D eigenvalue weighted by molar-refractivity contribution is 0.0999. The Labute approximate surface area is 119 Å². The number of pyridine rings is 1. The Hall–Kier alpha value is -2.35. The van der Waals surface area contributed by atoms with E-state index in [-0.39, 0.29) is 11.4 Å². The van der Waals surface area contributed by atoms with E-state index in [1.807, 2.05) is 6.92 Å². The van der Waals surface area contributed by atoms with Gasteiger partial charge in [0.1, 0.15) is 5.56 Å². The second-order valence-electron chi connectivity index (χ2n) is 3.98. The summed E-state index contributed by atoms with van der Waals surface area (Å²) in [5.41, 5.74) is 5.92. The van der Waals surface area contributed by atoms with Crippen molar-refractivity contribution in [2.24, 2.45) is 5.73 Å². The Morgan fingerprint density at radius 2 is 2.20 bits per heavy atom. The molecule has 2 rings (SSSR count). The van der Waals surface area contributed by atoms with Crippen LogP contribution in [-0.4, -0.2) is 27.1 Å². The molecular weight excluding hydrogens is 278 g/mol. The molecule has 2 aromatic rings. The summed E-state index contributed by atoms with van der Waals surface area (Å²) < 4.78 is 0. The first-order valence-corrected chi connectivity index (χ1v) is 6.91. The topological polar surface area (TPSA) is 114 Å². The molecule has 0 saturated carbocycles. The van der Waals surface area contributed by atoms with Crippen LogP contribution in [-0.2, 0) is 0 Å². The molecule has 20 heavy (non-hydrogen) atoms. The largest absolute Gasteiger partial charge is 0.365 e. The van der Waals surface area contributed by atoms with E-state index >= 15 is 0 Å². The molecule has 0 aliphatic heterocycles. The number of hydrogen-bond donors (Lipinski definition) is 3. The summed E-state index contributed by atoms with van der Waals surface area (Å²) in [7, 11) is 0. The average molecular weight is 291 g/mol. The molecule has 0 aliphatic carbocycles. The molecule has 1 amide bonds. The number of rotatable bonds is 4.